The Hall–Kier alpha value is -3.75. The van der Waals surface area contributed by atoms with E-state index in [1.807, 2.05) is 36.5 Å². The van der Waals surface area contributed by atoms with E-state index < -0.39 is 0 Å². The van der Waals surface area contributed by atoms with Crippen LogP contribution in [0, 0.1) is 0 Å². The Morgan fingerprint density at radius 1 is 1.07 bits per heavy atom. The van der Waals surface area contributed by atoms with E-state index >= 15 is 0 Å². The predicted molar refractivity (Wildman–Crippen MR) is 109 cm³/mol. The van der Waals surface area contributed by atoms with Gasteiger partial charge in [0.05, 0.1) is 12.2 Å². The highest BCUT2D eigenvalue weighted by atomic mass is 16.6. The fourth-order valence-electron chi connectivity index (χ4n) is 4.44. The minimum Gasteiger partial charge on any atom is -0.444 e. The van der Waals surface area contributed by atoms with Crippen molar-refractivity contribution in [3.05, 3.63) is 49.1 Å². The van der Waals surface area contributed by atoms with Gasteiger partial charge in [-0.3, -0.25) is 10.00 Å². The summed E-state index contributed by atoms with van der Waals surface area (Å²) in [4.78, 5) is 23.2. The van der Waals surface area contributed by atoms with Gasteiger partial charge in [-0.25, -0.2) is 19.3 Å². The van der Waals surface area contributed by atoms with E-state index in [9.17, 15) is 4.79 Å². The van der Waals surface area contributed by atoms with Crippen LogP contribution < -0.4 is 4.90 Å². The van der Waals surface area contributed by atoms with Gasteiger partial charge >= 0.3 is 6.09 Å². The number of carbonyl (C=O) groups excluding carboxylic acids is 1. The summed E-state index contributed by atoms with van der Waals surface area (Å²) >= 11 is 0. The van der Waals surface area contributed by atoms with E-state index in [2.05, 4.69) is 20.3 Å². The Bertz CT molecular complexity index is 1220. The Morgan fingerprint density at radius 3 is 2.73 bits per heavy atom. The number of aromatic amines is 1. The van der Waals surface area contributed by atoms with Crippen LogP contribution in [-0.2, 0) is 4.74 Å². The zero-order chi connectivity index (χ0) is 20.1. The lowest BCUT2D eigenvalue weighted by Gasteiger charge is -2.27. The minimum atomic E-state index is -0.304. The van der Waals surface area contributed by atoms with Crippen molar-refractivity contribution in [3.63, 3.8) is 0 Å². The van der Waals surface area contributed by atoms with Crippen molar-refractivity contribution in [1.82, 2.24) is 29.8 Å². The lowest BCUT2D eigenvalue weighted by molar-refractivity contribution is 0.113. The fourth-order valence-corrected chi connectivity index (χ4v) is 4.44. The summed E-state index contributed by atoms with van der Waals surface area (Å²) in [6.45, 7) is 0. The van der Waals surface area contributed by atoms with Crippen LogP contribution in [0.15, 0.2) is 49.1 Å². The fraction of sp³-hybridized carbons (Fsp3) is 0.286. The van der Waals surface area contributed by atoms with Crippen LogP contribution in [0.3, 0.4) is 0 Å². The first-order chi connectivity index (χ1) is 14.8. The van der Waals surface area contributed by atoms with Gasteiger partial charge in [-0.2, -0.15) is 10.2 Å². The molecule has 1 aromatic carbocycles. The number of H-pyrrole nitrogens is 1. The lowest BCUT2D eigenvalue weighted by atomic mass is 9.92. The molecule has 1 saturated carbocycles. The van der Waals surface area contributed by atoms with Crippen molar-refractivity contribution in [2.45, 2.75) is 37.8 Å². The number of nitrogens with one attached hydrogen (secondary N) is 1. The van der Waals surface area contributed by atoms with Crippen molar-refractivity contribution in [1.29, 1.82) is 0 Å². The van der Waals surface area contributed by atoms with Crippen LogP contribution in [0.2, 0.25) is 0 Å². The van der Waals surface area contributed by atoms with Gasteiger partial charge in [0, 0.05) is 17.3 Å². The number of hydrogen-bond acceptors (Lipinski definition) is 6. The molecule has 0 spiro atoms. The number of anilines is 1. The van der Waals surface area contributed by atoms with Gasteiger partial charge in [0.2, 0.25) is 0 Å². The standard InChI is InChI=1S/C21H19N7O2/c29-21-28(16-3-1-2-4-17(16)30-21)18-9-10-27-20(25-18)15(11-24-27)13-5-7-14(8-6-13)19-22-12-23-26-19/h5-12,16-17H,1-4H2,(H,22,23,26). The smallest absolute Gasteiger partial charge is 0.416 e. The van der Waals surface area contributed by atoms with E-state index in [4.69, 9.17) is 9.72 Å². The highest BCUT2D eigenvalue weighted by molar-refractivity contribution is 5.90. The number of rotatable bonds is 3. The zero-order valence-electron chi connectivity index (χ0n) is 16.1. The second-order valence-electron chi connectivity index (χ2n) is 7.67. The second-order valence-corrected chi connectivity index (χ2v) is 7.67. The maximum Gasteiger partial charge on any atom is 0.416 e. The maximum atomic E-state index is 12.5. The largest absolute Gasteiger partial charge is 0.444 e. The molecule has 1 N–H and O–H groups in total. The summed E-state index contributed by atoms with van der Waals surface area (Å²) in [7, 11) is 0. The van der Waals surface area contributed by atoms with Crippen molar-refractivity contribution < 1.29 is 9.53 Å². The molecule has 2 atom stereocenters. The van der Waals surface area contributed by atoms with Crippen LogP contribution in [0.25, 0.3) is 28.2 Å². The monoisotopic (exact) mass is 401 g/mol. The average molecular weight is 401 g/mol. The van der Waals surface area contributed by atoms with Crippen LogP contribution in [0.1, 0.15) is 25.7 Å². The van der Waals surface area contributed by atoms with Gasteiger partial charge in [0.15, 0.2) is 11.5 Å². The Kier molecular flexibility index (Phi) is 3.80. The number of hydrogen-bond donors (Lipinski definition) is 1. The topological polar surface area (TPSA) is 101 Å². The van der Waals surface area contributed by atoms with Crippen LogP contribution >= 0.6 is 0 Å². The molecule has 1 saturated heterocycles. The Balaban J connectivity index is 1.38. The average Bonchev–Trinajstić information content (AvgIpc) is 3.51. The third-order valence-corrected chi connectivity index (χ3v) is 5.93. The molecule has 0 radical (unpaired) electrons. The second kappa shape index (κ2) is 6.65. The highest BCUT2D eigenvalue weighted by Gasteiger charge is 2.44. The molecule has 4 aromatic rings. The van der Waals surface area contributed by atoms with E-state index in [1.54, 1.807) is 15.6 Å². The van der Waals surface area contributed by atoms with Gasteiger partial charge in [-0.1, -0.05) is 30.7 Å². The maximum absolute atomic E-state index is 12.5. The molecule has 2 aliphatic rings. The normalized spacial score (nSPS) is 21.1. The predicted octanol–water partition coefficient (Wildman–Crippen LogP) is 3.45. The summed E-state index contributed by atoms with van der Waals surface area (Å²) in [6.07, 6.45) is 8.86. The van der Waals surface area contributed by atoms with Crippen LogP contribution in [0.4, 0.5) is 10.6 Å². The van der Waals surface area contributed by atoms with Gasteiger partial charge in [-0.05, 0) is 30.9 Å². The molecule has 9 nitrogen and oxygen atoms in total. The molecule has 6 rings (SSSR count). The molecule has 9 heteroatoms. The van der Waals surface area contributed by atoms with E-state index in [0.717, 1.165) is 48.2 Å². The van der Waals surface area contributed by atoms with Crippen LogP contribution in [-0.4, -0.2) is 48.0 Å². The molecule has 2 fully saturated rings. The first-order valence-corrected chi connectivity index (χ1v) is 10.1. The van der Waals surface area contributed by atoms with E-state index in [-0.39, 0.29) is 18.2 Å². The quantitative estimate of drug-likeness (QED) is 0.564. The lowest BCUT2D eigenvalue weighted by Crippen LogP contribution is -2.39. The van der Waals surface area contributed by atoms with Crippen molar-refractivity contribution >= 4 is 17.6 Å². The Labute approximate surface area is 171 Å². The van der Waals surface area contributed by atoms with Crippen molar-refractivity contribution in [3.8, 4) is 22.5 Å². The van der Waals surface area contributed by atoms with Crippen LogP contribution in [0.5, 0.6) is 0 Å². The molecule has 0 bridgehead atoms. The molecule has 3 aromatic heterocycles. The number of aromatic nitrogens is 6. The van der Waals surface area contributed by atoms with Gasteiger partial charge in [0.25, 0.3) is 0 Å². The minimum absolute atomic E-state index is 0.0303. The summed E-state index contributed by atoms with van der Waals surface area (Å²) in [5, 5.41) is 11.2. The number of amides is 1. The molecular weight excluding hydrogens is 382 g/mol. The van der Waals surface area contributed by atoms with Gasteiger partial charge in [0.1, 0.15) is 18.2 Å². The van der Waals surface area contributed by atoms with Gasteiger partial charge in [-0.15, -0.1) is 0 Å². The molecule has 1 amide bonds. The number of ether oxygens (including phenoxy) is 1. The molecule has 150 valence electrons. The molecule has 1 aliphatic heterocycles. The first-order valence-electron chi connectivity index (χ1n) is 10.1. The SMILES string of the molecule is O=C1OC2CCCCC2N1c1ccn2ncc(-c3ccc(-c4ncn[nH]4)cc3)c2n1. The van der Waals surface area contributed by atoms with E-state index in [1.165, 1.54) is 6.33 Å². The molecule has 30 heavy (non-hydrogen) atoms. The molecule has 1 aliphatic carbocycles. The summed E-state index contributed by atoms with van der Waals surface area (Å²) in [5.41, 5.74) is 3.53. The Morgan fingerprint density at radius 2 is 1.90 bits per heavy atom. The van der Waals surface area contributed by atoms with Crippen molar-refractivity contribution in [2.75, 3.05) is 4.90 Å². The third-order valence-electron chi connectivity index (χ3n) is 5.93. The number of carbonyl (C=O) groups is 1. The summed E-state index contributed by atoms with van der Waals surface area (Å²) < 4.78 is 7.32. The number of fused-ring (bicyclic) bond motifs is 2. The number of benzene rings is 1. The van der Waals surface area contributed by atoms with Gasteiger partial charge < -0.3 is 4.74 Å². The van der Waals surface area contributed by atoms with Crippen molar-refractivity contribution in [2.24, 2.45) is 0 Å². The molecule has 2 unspecified atom stereocenters. The summed E-state index contributed by atoms with van der Waals surface area (Å²) in [6, 6.07) is 9.86. The van der Waals surface area contributed by atoms with E-state index in [0.29, 0.717) is 11.5 Å². The first kappa shape index (κ1) is 17.1. The number of nitrogens with zero attached hydrogens (tertiary/aromatic N) is 6. The molecule has 4 heterocycles. The zero-order valence-corrected chi connectivity index (χ0v) is 16.1. The summed E-state index contributed by atoms with van der Waals surface area (Å²) in [5.74, 6) is 1.33. The molecular formula is C21H19N7O2. The highest BCUT2D eigenvalue weighted by Crippen LogP contribution is 2.35. The third kappa shape index (κ3) is 2.66.